The lowest BCUT2D eigenvalue weighted by Crippen LogP contribution is -2.42. The molecule has 1 saturated heterocycles. The van der Waals surface area contributed by atoms with E-state index in [1.807, 2.05) is 12.1 Å². The van der Waals surface area contributed by atoms with E-state index in [9.17, 15) is 4.79 Å². The average molecular weight is 330 g/mol. The van der Waals surface area contributed by atoms with Gasteiger partial charge in [-0.05, 0) is 50.1 Å². The molecular formula is C17H18N2OS2. The van der Waals surface area contributed by atoms with E-state index in [2.05, 4.69) is 56.2 Å². The summed E-state index contributed by atoms with van der Waals surface area (Å²) in [5.74, 6) is -0.113. The fraction of sp³-hybridized carbons (Fsp3) is 0.294. The quantitative estimate of drug-likeness (QED) is 0.627. The summed E-state index contributed by atoms with van der Waals surface area (Å²) in [6, 6.07) is 6.30. The maximum Gasteiger partial charge on any atom is 0.263 e. The van der Waals surface area contributed by atoms with Crippen molar-refractivity contribution in [1.29, 1.82) is 0 Å². The maximum atomic E-state index is 11.8. The van der Waals surface area contributed by atoms with Gasteiger partial charge in [0.2, 0.25) is 0 Å². The van der Waals surface area contributed by atoms with Crippen LogP contribution in [0.15, 0.2) is 29.2 Å². The van der Waals surface area contributed by atoms with Crippen LogP contribution in [0, 0.1) is 0 Å². The van der Waals surface area contributed by atoms with E-state index >= 15 is 0 Å². The Labute approximate surface area is 140 Å². The minimum Gasteiger partial charge on any atom is -0.366 e. The van der Waals surface area contributed by atoms with Gasteiger partial charge in [0.25, 0.3) is 5.91 Å². The number of carbonyl (C=O) groups is 1. The minimum absolute atomic E-state index is 0.00441. The third-order valence-corrected chi connectivity index (χ3v) is 5.34. The molecule has 2 heterocycles. The Morgan fingerprint density at radius 1 is 1.36 bits per heavy atom. The normalized spacial score (nSPS) is 21.7. The van der Waals surface area contributed by atoms with Crippen LogP contribution in [0.25, 0.3) is 11.6 Å². The summed E-state index contributed by atoms with van der Waals surface area (Å²) in [4.78, 5) is 14.7. The molecule has 5 heteroatoms. The monoisotopic (exact) mass is 330 g/mol. The molecule has 1 amide bonds. The van der Waals surface area contributed by atoms with E-state index < -0.39 is 0 Å². The number of thioether (sulfide) groups is 1. The molecular weight excluding hydrogens is 312 g/mol. The first-order valence-corrected chi connectivity index (χ1v) is 8.33. The zero-order valence-corrected chi connectivity index (χ0v) is 14.7. The molecule has 0 atom stereocenters. The Hall–Kier alpha value is -1.59. The second-order valence-corrected chi connectivity index (χ2v) is 7.89. The second-order valence-electron chi connectivity index (χ2n) is 6.17. The highest BCUT2D eigenvalue weighted by atomic mass is 32.2. The molecule has 22 heavy (non-hydrogen) atoms. The molecule has 1 fully saturated rings. The van der Waals surface area contributed by atoms with Crippen LogP contribution in [-0.2, 0) is 4.79 Å². The summed E-state index contributed by atoms with van der Waals surface area (Å²) >= 11 is 6.33. The number of anilines is 1. The van der Waals surface area contributed by atoms with E-state index in [1.165, 1.54) is 28.6 Å². The van der Waals surface area contributed by atoms with Crippen LogP contribution in [0.5, 0.6) is 0 Å². The fourth-order valence-electron chi connectivity index (χ4n) is 2.84. The molecule has 1 aromatic rings. The summed E-state index contributed by atoms with van der Waals surface area (Å²) in [5, 5.41) is 2.64. The van der Waals surface area contributed by atoms with Crippen molar-refractivity contribution in [2.45, 2.75) is 26.3 Å². The van der Waals surface area contributed by atoms with E-state index in [-0.39, 0.29) is 11.4 Å². The molecule has 0 aliphatic carbocycles. The average Bonchev–Trinajstić information content (AvgIpc) is 2.74. The molecule has 3 rings (SSSR count). The highest BCUT2D eigenvalue weighted by Gasteiger charge is 2.28. The highest BCUT2D eigenvalue weighted by Crippen LogP contribution is 2.38. The van der Waals surface area contributed by atoms with Crippen molar-refractivity contribution in [3.63, 3.8) is 0 Å². The predicted molar refractivity (Wildman–Crippen MR) is 98.9 cm³/mol. The van der Waals surface area contributed by atoms with E-state index in [0.29, 0.717) is 9.23 Å². The van der Waals surface area contributed by atoms with Crippen molar-refractivity contribution < 1.29 is 4.79 Å². The van der Waals surface area contributed by atoms with E-state index in [1.54, 1.807) is 0 Å². The van der Waals surface area contributed by atoms with Crippen LogP contribution < -0.4 is 10.2 Å². The first-order chi connectivity index (χ1) is 10.3. The number of amides is 1. The van der Waals surface area contributed by atoms with Gasteiger partial charge in [-0.25, -0.2) is 0 Å². The number of likely N-dealkylation sites (N-methyl/N-ethyl adjacent to an activating group) is 1. The van der Waals surface area contributed by atoms with Crippen LogP contribution in [0.2, 0.25) is 0 Å². The molecule has 3 nitrogen and oxygen atoms in total. The Kier molecular flexibility index (Phi) is 3.65. The molecule has 0 saturated carbocycles. The number of carbonyl (C=O) groups excluding carboxylic acids is 1. The SMILES string of the molecule is CC1=CC(C)(C)N(C)c2ccc(/C=C3\SC(=S)NC3=O)cc21. The maximum absolute atomic E-state index is 11.8. The molecule has 0 bridgehead atoms. The lowest BCUT2D eigenvalue weighted by atomic mass is 9.88. The van der Waals surface area contributed by atoms with Gasteiger partial charge in [-0.2, -0.15) is 0 Å². The Bertz CT molecular complexity index is 747. The molecule has 2 aliphatic rings. The number of fused-ring (bicyclic) bond motifs is 1. The zero-order valence-electron chi connectivity index (χ0n) is 13.1. The van der Waals surface area contributed by atoms with E-state index in [0.717, 1.165) is 5.56 Å². The van der Waals surface area contributed by atoms with Crippen LogP contribution in [0.1, 0.15) is 31.9 Å². The molecule has 0 unspecified atom stereocenters. The summed E-state index contributed by atoms with van der Waals surface area (Å²) in [6.07, 6.45) is 4.17. The van der Waals surface area contributed by atoms with Gasteiger partial charge in [-0.3, -0.25) is 4.79 Å². The molecule has 2 aliphatic heterocycles. The van der Waals surface area contributed by atoms with Gasteiger partial charge in [0.15, 0.2) is 0 Å². The lowest BCUT2D eigenvalue weighted by Gasteiger charge is -2.40. The first kappa shape index (κ1) is 15.3. The van der Waals surface area contributed by atoms with Gasteiger partial charge in [0, 0.05) is 18.3 Å². The van der Waals surface area contributed by atoms with Crippen LogP contribution in [0.3, 0.4) is 0 Å². The molecule has 0 spiro atoms. The van der Waals surface area contributed by atoms with Crippen molar-refractivity contribution in [2.24, 2.45) is 0 Å². The Balaban J connectivity index is 2.02. The standard InChI is InChI=1S/C17H18N2OS2/c1-10-9-17(2,3)19(4)13-6-5-11(7-12(10)13)8-14-15(20)18-16(21)22-14/h5-9H,1-4H3,(H,18,20,21)/b14-8-. The Morgan fingerprint density at radius 2 is 2.09 bits per heavy atom. The number of nitrogens with one attached hydrogen (secondary N) is 1. The predicted octanol–water partition coefficient (Wildman–Crippen LogP) is 3.81. The molecule has 1 N–H and O–H groups in total. The van der Waals surface area contributed by atoms with Gasteiger partial charge >= 0.3 is 0 Å². The third kappa shape index (κ3) is 2.59. The summed E-state index contributed by atoms with van der Waals surface area (Å²) in [6.45, 7) is 6.54. The minimum atomic E-state index is -0.113. The highest BCUT2D eigenvalue weighted by molar-refractivity contribution is 8.26. The molecule has 0 radical (unpaired) electrons. The largest absolute Gasteiger partial charge is 0.366 e. The number of hydrogen-bond acceptors (Lipinski definition) is 4. The van der Waals surface area contributed by atoms with E-state index in [4.69, 9.17) is 12.2 Å². The number of rotatable bonds is 1. The van der Waals surface area contributed by atoms with Gasteiger partial charge in [0.1, 0.15) is 4.32 Å². The van der Waals surface area contributed by atoms with Crippen molar-refractivity contribution in [3.05, 3.63) is 40.3 Å². The van der Waals surface area contributed by atoms with Gasteiger partial charge in [0.05, 0.1) is 10.4 Å². The number of hydrogen-bond donors (Lipinski definition) is 1. The lowest BCUT2D eigenvalue weighted by molar-refractivity contribution is -0.115. The fourth-order valence-corrected chi connectivity index (χ4v) is 3.88. The van der Waals surface area contributed by atoms with Crippen LogP contribution in [0.4, 0.5) is 5.69 Å². The summed E-state index contributed by atoms with van der Waals surface area (Å²) in [7, 11) is 2.11. The number of benzene rings is 1. The first-order valence-electron chi connectivity index (χ1n) is 7.10. The summed E-state index contributed by atoms with van der Waals surface area (Å²) in [5.41, 5.74) is 4.71. The van der Waals surface area contributed by atoms with Gasteiger partial charge in [-0.1, -0.05) is 36.1 Å². The van der Waals surface area contributed by atoms with Crippen molar-refractivity contribution in [3.8, 4) is 0 Å². The number of allylic oxidation sites excluding steroid dienone is 1. The smallest absolute Gasteiger partial charge is 0.263 e. The van der Waals surface area contributed by atoms with Gasteiger partial charge in [-0.15, -0.1) is 0 Å². The third-order valence-electron chi connectivity index (χ3n) is 4.18. The molecule has 1 aromatic carbocycles. The summed E-state index contributed by atoms with van der Waals surface area (Å²) < 4.78 is 0.520. The van der Waals surface area contributed by atoms with Crippen LogP contribution >= 0.6 is 24.0 Å². The van der Waals surface area contributed by atoms with Crippen LogP contribution in [-0.4, -0.2) is 22.8 Å². The Morgan fingerprint density at radius 3 is 2.73 bits per heavy atom. The molecule has 114 valence electrons. The number of nitrogens with zero attached hydrogens (tertiary/aromatic N) is 1. The second kappa shape index (κ2) is 5.25. The van der Waals surface area contributed by atoms with Gasteiger partial charge < -0.3 is 10.2 Å². The topological polar surface area (TPSA) is 32.3 Å². The zero-order chi connectivity index (χ0) is 16.1. The molecule has 0 aromatic heterocycles. The van der Waals surface area contributed by atoms with Crippen molar-refractivity contribution in [2.75, 3.05) is 11.9 Å². The number of thiocarbonyl (C=S) groups is 1. The van der Waals surface area contributed by atoms with Crippen molar-refractivity contribution >= 4 is 51.5 Å². The van der Waals surface area contributed by atoms with Crippen molar-refractivity contribution in [1.82, 2.24) is 5.32 Å².